The largest absolute Gasteiger partial charge is 0.490 e. The molecule has 0 saturated carbocycles. The van der Waals surface area contributed by atoms with Crippen LogP contribution in [0.2, 0.25) is 10.0 Å². The van der Waals surface area contributed by atoms with Crippen molar-refractivity contribution >= 4 is 46.8 Å². The molecule has 36 heavy (non-hydrogen) atoms. The number of aliphatic imine (C=N–C) groups is 1. The van der Waals surface area contributed by atoms with Gasteiger partial charge in [-0.1, -0.05) is 47.5 Å². The Morgan fingerprint density at radius 2 is 1.86 bits per heavy atom. The van der Waals surface area contributed by atoms with Crippen LogP contribution < -0.4 is 9.47 Å². The summed E-state index contributed by atoms with van der Waals surface area (Å²) in [5, 5.41) is 11.4. The van der Waals surface area contributed by atoms with Gasteiger partial charge in [0.2, 0.25) is 5.90 Å². The Morgan fingerprint density at radius 3 is 2.58 bits per heavy atom. The van der Waals surface area contributed by atoms with E-state index in [2.05, 4.69) is 4.99 Å². The second-order valence-electron chi connectivity index (χ2n) is 7.74. The summed E-state index contributed by atoms with van der Waals surface area (Å²) in [6.07, 6.45) is 1.49. The van der Waals surface area contributed by atoms with Crippen molar-refractivity contribution in [2.45, 2.75) is 20.5 Å². The van der Waals surface area contributed by atoms with Gasteiger partial charge in [0, 0.05) is 11.6 Å². The summed E-state index contributed by atoms with van der Waals surface area (Å²) in [6, 6.07) is 15.2. The first kappa shape index (κ1) is 25.2. The van der Waals surface area contributed by atoms with Crippen molar-refractivity contribution in [2.75, 3.05) is 6.61 Å². The zero-order chi connectivity index (χ0) is 25.8. The molecule has 1 aliphatic rings. The van der Waals surface area contributed by atoms with Crippen LogP contribution in [0.5, 0.6) is 11.5 Å². The summed E-state index contributed by atoms with van der Waals surface area (Å²) in [6.45, 7) is 4.51. The van der Waals surface area contributed by atoms with Gasteiger partial charge >= 0.3 is 5.97 Å². The second-order valence-corrected chi connectivity index (χ2v) is 8.55. The molecule has 0 bridgehead atoms. The molecule has 10 heteroatoms. The summed E-state index contributed by atoms with van der Waals surface area (Å²) < 4.78 is 17.0. The number of cyclic esters (lactones) is 1. The minimum Gasteiger partial charge on any atom is -0.490 e. The molecule has 3 aromatic rings. The predicted molar refractivity (Wildman–Crippen MR) is 137 cm³/mol. The number of hydrogen-bond donors (Lipinski definition) is 0. The molecule has 0 radical (unpaired) electrons. The molecule has 3 aromatic carbocycles. The van der Waals surface area contributed by atoms with Crippen LogP contribution in [0.25, 0.3) is 6.08 Å². The molecule has 0 amide bonds. The number of esters is 1. The van der Waals surface area contributed by atoms with Gasteiger partial charge in [-0.2, -0.15) is 0 Å². The smallest absolute Gasteiger partial charge is 0.363 e. The van der Waals surface area contributed by atoms with E-state index in [0.29, 0.717) is 35.3 Å². The minimum atomic E-state index is -0.712. The molecule has 4 rings (SSSR count). The van der Waals surface area contributed by atoms with E-state index < -0.39 is 10.9 Å². The first-order valence-corrected chi connectivity index (χ1v) is 11.6. The topological polar surface area (TPSA) is 100 Å². The first-order chi connectivity index (χ1) is 17.3. The molecule has 0 N–H and O–H groups in total. The van der Waals surface area contributed by atoms with Crippen molar-refractivity contribution in [1.29, 1.82) is 0 Å². The molecule has 0 aliphatic carbocycles. The molecule has 1 aliphatic heterocycles. The molecular weight excluding hydrogens is 507 g/mol. The van der Waals surface area contributed by atoms with Crippen molar-refractivity contribution in [3.05, 3.63) is 103 Å². The number of carbonyl (C=O) groups is 1. The van der Waals surface area contributed by atoms with Crippen LogP contribution in [0.15, 0.2) is 65.3 Å². The predicted octanol–water partition coefficient (Wildman–Crippen LogP) is 6.53. The number of nitrogens with zero attached hydrogens (tertiary/aromatic N) is 2. The Balaban J connectivity index is 1.63. The highest BCUT2D eigenvalue weighted by Crippen LogP contribution is 2.38. The number of hydrogen-bond acceptors (Lipinski definition) is 7. The quantitative estimate of drug-likeness (QED) is 0.143. The molecule has 184 valence electrons. The second kappa shape index (κ2) is 10.8. The molecular formula is C26H20Cl2N2O6. The number of ether oxygens (including phenoxy) is 3. The Morgan fingerprint density at radius 1 is 1.08 bits per heavy atom. The number of nitro benzene ring substituents is 1. The van der Waals surface area contributed by atoms with Crippen LogP contribution in [-0.4, -0.2) is 23.4 Å². The summed E-state index contributed by atoms with van der Waals surface area (Å²) in [5.41, 5.74) is 2.56. The lowest BCUT2D eigenvalue weighted by Gasteiger charge is -2.15. The highest BCUT2D eigenvalue weighted by molar-refractivity contribution is 6.33. The zero-order valence-electron chi connectivity index (χ0n) is 19.3. The maximum absolute atomic E-state index is 12.4. The average Bonchev–Trinajstić information content (AvgIpc) is 3.20. The standard InChI is InChI=1S/C26H20Cl2N2O6/c1-3-34-23-12-16(10-20(28)24(23)35-14-18-7-5-4-6-15(18)2)11-21-26(31)36-25(29-21)17-8-9-19(27)22(13-17)30(32)33/h4-13H,3,14H2,1-2H3. The Hall–Kier alpha value is -3.88. The number of rotatable bonds is 8. The van der Waals surface area contributed by atoms with Gasteiger partial charge in [-0.3, -0.25) is 10.1 Å². The van der Waals surface area contributed by atoms with Crippen LogP contribution in [0.4, 0.5) is 5.69 Å². The fraction of sp³-hybridized carbons (Fsp3) is 0.154. The van der Waals surface area contributed by atoms with Crippen molar-refractivity contribution < 1.29 is 23.9 Å². The Labute approximate surface area is 216 Å². The third kappa shape index (κ3) is 5.50. The van der Waals surface area contributed by atoms with E-state index in [1.54, 1.807) is 12.1 Å². The van der Waals surface area contributed by atoms with Gasteiger partial charge in [0.1, 0.15) is 11.6 Å². The van der Waals surface area contributed by atoms with Crippen LogP contribution in [0, 0.1) is 17.0 Å². The molecule has 8 nitrogen and oxygen atoms in total. The van der Waals surface area contributed by atoms with Crippen molar-refractivity contribution in [3.8, 4) is 11.5 Å². The van der Waals surface area contributed by atoms with Gasteiger partial charge in [0.05, 0.1) is 16.6 Å². The third-order valence-corrected chi connectivity index (χ3v) is 5.88. The highest BCUT2D eigenvalue weighted by Gasteiger charge is 2.26. The molecule has 0 atom stereocenters. The highest BCUT2D eigenvalue weighted by atomic mass is 35.5. The maximum atomic E-state index is 12.4. The van der Waals surface area contributed by atoms with E-state index in [0.717, 1.165) is 11.1 Å². The monoisotopic (exact) mass is 526 g/mol. The van der Waals surface area contributed by atoms with Crippen LogP contribution >= 0.6 is 23.2 Å². The van der Waals surface area contributed by atoms with E-state index in [1.807, 2.05) is 38.1 Å². The fourth-order valence-corrected chi connectivity index (χ4v) is 3.93. The molecule has 0 aromatic heterocycles. The minimum absolute atomic E-state index is 0.00491. The summed E-state index contributed by atoms with van der Waals surface area (Å²) >= 11 is 12.4. The SMILES string of the molecule is CCOc1cc(C=C2N=C(c3ccc(Cl)c([N+](=O)[O-])c3)OC2=O)cc(Cl)c1OCc1ccccc1C. The van der Waals surface area contributed by atoms with Gasteiger partial charge in [0.25, 0.3) is 5.69 Å². The summed E-state index contributed by atoms with van der Waals surface area (Å²) in [5.74, 6) is 0.0156. The Bertz CT molecular complexity index is 1420. The lowest BCUT2D eigenvalue weighted by atomic mass is 10.1. The normalized spacial score (nSPS) is 13.9. The zero-order valence-corrected chi connectivity index (χ0v) is 20.8. The number of carbonyl (C=O) groups excluding carboxylic acids is 1. The molecule has 0 saturated heterocycles. The number of halogens is 2. The molecule has 0 fully saturated rings. The lowest BCUT2D eigenvalue weighted by Crippen LogP contribution is -2.06. The van der Waals surface area contributed by atoms with E-state index in [4.69, 9.17) is 37.4 Å². The van der Waals surface area contributed by atoms with Crippen LogP contribution in [0.3, 0.4) is 0 Å². The number of benzene rings is 3. The first-order valence-electron chi connectivity index (χ1n) is 10.9. The molecule has 0 unspecified atom stereocenters. The summed E-state index contributed by atoms with van der Waals surface area (Å²) in [4.78, 5) is 27.2. The van der Waals surface area contributed by atoms with E-state index >= 15 is 0 Å². The van der Waals surface area contributed by atoms with Crippen molar-refractivity contribution in [1.82, 2.24) is 0 Å². The fourth-order valence-electron chi connectivity index (χ4n) is 3.47. The third-order valence-electron chi connectivity index (χ3n) is 5.28. The molecule has 1 heterocycles. The van der Waals surface area contributed by atoms with Crippen LogP contribution in [-0.2, 0) is 16.1 Å². The van der Waals surface area contributed by atoms with Crippen LogP contribution in [0.1, 0.15) is 29.2 Å². The van der Waals surface area contributed by atoms with E-state index in [1.165, 1.54) is 24.3 Å². The van der Waals surface area contributed by atoms with Gasteiger partial charge in [-0.25, -0.2) is 9.79 Å². The number of aryl methyl sites for hydroxylation is 1. The molecule has 0 spiro atoms. The Kier molecular flexibility index (Phi) is 7.57. The average molecular weight is 527 g/mol. The van der Waals surface area contributed by atoms with Crippen molar-refractivity contribution in [2.24, 2.45) is 4.99 Å². The van der Waals surface area contributed by atoms with Gasteiger partial charge in [-0.05, 0) is 60.9 Å². The lowest BCUT2D eigenvalue weighted by molar-refractivity contribution is -0.384. The number of nitro groups is 1. The van der Waals surface area contributed by atoms with E-state index in [-0.39, 0.29) is 27.9 Å². The van der Waals surface area contributed by atoms with E-state index in [9.17, 15) is 14.9 Å². The van der Waals surface area contributed by atoms with Crippen molar-refractivity contribution in [3.63, 3.8) is 0 Å². The van der Waals surface area contributed by atoms with Gasteiger partial charge < -0.3 is 14.2 Å². The maximum Gasteiger partial charge on any atom is 0.363 e. The van der Waals surface area contributed by atoms with Gasteiger partial charge in [-0.15, -0.1) is 0 Å². The summed E-state index contributed by atoms with van der Waals surface area (Å²) in [7, 11) is 0. The van der Waals surface area contributed by atoms with Gasteiger partial charge in [0.15, 0.2) is 17.2 Å².